The molecule has 7 heteroatoms. The minimum atomic E-state index is -2.57. The van der Waals surface area contributed by atoms with E-state index < -0.39 is 35.3 Å². The van der Waals surface area contributed by atoms with Crippen LogP contribution >= 0.6 is 0 Å². The topological polar surface area (TPSA) is 44.9 Å². The van der Waals surface area contributed by atoms with Crippen molar-refractivity contribution >= 4 is 16.8 Å². The number of halogens is 4. The lowest BCUT2D eigenvalue weighted by atomic mass is 10.1. The highest BCUT2D eigenvalue weighted by molar-refractivity contribution is 5.98. The number of nitrogens with one attached hydrogen (secondary N) is 2. The molecule has 3 nitrogen and oxygen atoms in total. The molecule has 0 aliphatic heterocycles. The number of amides is 1. The summed E-state index contributed by atoms with van der Waals surface area (Å²) in [6, 6.07) is 3.12. The van der Waals surface area contributed by atoms with Gasteiger partial charge in [-0.15, -0.1) is 0 Å². The maximum absolute atomic E-state index is 13.1. The van der Waals surface area contributed by atoms with Crippen molar-refractivity contribution < 1.29 is 22.4 Å². The van der Waals surface area contributed by atoms with Crippen LogP contribution in [0, 0.1) is 23.5 Å². The first-order valence-corrected chi connectivity index (χ1v) is 7.02. The van der Waals surface area contributed by atoms with Gasteiger partial charge in [-0.2, -0.15) is 0 Å². The molecule has 0 bridgehead atoms. The first-order valence-electron chi connectivity index (χ1n) is 7.02. The number of benzene rings is 1. The molecule has 1 aromatic heterocycles. The lowest BCUT2D eigenvalue weighted by molar-refractivity contribution is 0.0648. The van der Waals surface area contributed by atoms with Crippen LogP contribution in [-0.4, -0.2) is 22.9 Å². The maximum Gasteiger partial charge on any atom is 0.267 e. The molecule has 2 atom stereocenters. The van der Waals surface area contributed by atoms with E-state index in [2.05, 4.69) is 10.3 Å². The smallest absolute Gasteiger partial charge is 0.267 e. The van der Waals surface area contributed by atoms with Crippen LogP contribution in [0.25, 0.3) is 10.9 Å². The minimum absolute atomic E-state index is 0.160. The fourth-order valence-electron chi connectivity index (χ4n) is 3.44. The number of hydrogen-bond donors (Lipinski definition) is 2. The van der Waals surface area contributed by atoms with Crippen molar-refractivity contribution in [2.24, 2.45) is 11.8 Å². The zero-order chi connectivity index (χ0) is 15.6. The van der Waals surface area contributed by atoms with Gasteiger partial charge in [-0.1, -0.05) is 0 Å². The normalized spacial score (nSPS) is 28.6. The molecule has 22 heavy (non-hydrogen) atoms. The number of carbonyl (C=O) groups excluding carboxylic acids is 1. The molecule has 1 heterocycles. The number of alkyl halides is 2. The zero-order valence-electron chi connectivity index (χ0n) is 11.3. The molecule has 2 fully saturated rings. The Hall–Kier alpha value is -2.05. The Morgan fingerprint density at radius 2 is 1.77 bits per heavy atom. The quantitative estimate of drug-likeness (QED) is 0.822. The Morgan fingerprint density at radius 3 is 2.45 bits per heavy atom. The van der Waals surface area contributed by atoms with E-state index in [-0.39, 0.29) is 24.6 Å². The van der Waals surface area contributed by atoms with E-state index in [0.29, 0.717) is 10.9 Å². The van der Waals surface area contributed by atoms with Crippen LogP contribution < -0.4 is 5.32 Å². The Balaban J connectivity index is 1.49. The maximum atomic E-state index is 13.1. The molecule has 2 N–H and O–H groups in total. The molecular formula is C15H12F4N2O. The summed E-state index contributed by atoms with van der Waals surface area (Å²) in [6.07, 6.45) is 0.541. The highest BCUT2D eigenvalue weighted by atomic mass is 19.3. The van der Waals surface area contributed by atoms with Crippen LogP contribution in [0.15, 0.2) is 18.2 Å². The Bertz CT molecular complexity index is 732. The van der Waals surface area contributed by atoms with E-state index in [1.54, 1.807) is 0 Å². The predicted molar refractivity (Wildman–Crippen MR) is 70.6 cm³/mol. The average Bonchev–Trinajstić information content (AvgIpc) is 2.87. The average molecular weight is 312 g/mol. The molecule has 0 radical (unpaired) electrons. The monoisotopic (exact) mass is 312 g/mol. The Labute approximate surface area is 122 Å². The lowest BCUT2D eigenvalue weighted by Gasteiger charge is -2.15. The van der Waals surface area contributed by atoms with Crippen LogP contribution in [0.3, 0.4) is 0 Å². The third-order valence-electron chi connectivity index (χ3n) is 4.68. The van der Waals surface area contributed by atoms with Crippen molar-refractivity contribution in [1.82, 2.24) is 10.3 Å². The first kappa shape index (κ1) is 13.6. The van der Waals surface area contributed by atoms with Crippen molar-refractivity contribution in [3.05, 3.63) is 35.5 Å². The number of hydrogen-bond acceptors (Lipinski definition) is 1. The molecule has 4 rings (SSSR count). The van der Waals surface area contributed by atoms with Crippen LogP contribution in [0.4, 0.5) is 17.6 Å². The van der Waals surface area contributed by atoms with E-state index in [9.17, 15) is 22.4 Å². The number of carbonyl (C=O) groups is 1. The van der Waals surface area contributed by atoms with Gasteiger partial charge in [0.15, 0.2) is 11.6 Å². The van der Waals surface area contributed by atoms with Crippen LogP contribution in [0.1, 0.15) is 23.3 Å². The summed E-state index contributed by atoms with van der Waals surface area (Å²) in [5.41, 5.74) is 0.470. The highest BCUT2D eigenvalue weighted by Gasteiger charge is 2.71. The van der Waals surface area contributed by atoms with Gasteiger partial charge in [0.1, 0.15) is 5.69 Å². The molecule has 2 aromatic rings. The summed E-state index contributed by atoms with van der Waals surface area (Å²) < 4.78 is 52.5. The summed E-state index contributed by atoms with van der Waals surface area (Å²) >= 11 is 0. The van der Waals surface area contributed by atoms with Crippen LogP contribution in [0.2, 0.25) is 0 Å². The molecular weight excluding hydrogens is 300 g/mol. The van der Waals surface area contributed by atoms with E-state index in [1.165, 1.54) is 6.07 Å². The molecule has 2 aliphatic carbocycles. The third-order valence-corrected chi connectivity index (χ3v) is 4.68. The summed E-state index contributed by atoms with van der Waals surface area (Å²) in [5.74, 6) is -6.26. The molecule has 2 saturated carbocycles. The summed E-state index contributed by atoms with van der Waals surface area (Å²) in [5, 5.41) is 3.07. The lowest BCUT2D eigenvalue weighted by Crippen LogP contribution is -2.35. The van der Waals surface area contributed by atoms with Gasteiger partial charge < -0.3 is 10.3 Å². The van der Waals surface area contributed by atoms with Crippen molar-refractivity contribution in [3.63, 3.8) is 0 Å². The Kier molecular flexibility index (Phi) is 2.62. The van der Waals surface area contributed by atoms with Crippen LogP contribution in [0.5, 0.6) is 0 Å². The molecule has 0 saturated heterocycles. The molecule has 1 aromatic carbocycles. The van der Waals surface area contributed by atoms with E-state index >= 15 is 0 Å². The molecule has 2 aliphatic rings. The summed E-state index contributed by atoms with van der Waals surface area (Å²) in [6.45, 7) is 0. The van der Waals surface area contributed by atoms with E-state index in [4.69, 9.17) is 0 Å². The summed E-state index contributed by atoms with van der Waals surface area (Å²) in [4.78, 5) is 14.8. The first-order chi connectivity index (χ1) is 10.4. The van der Waals surface area contributed by atoms with Crippen molar-refractivity contribution in [2.75, 3.05) is 0 Å². The second-order valence-corrected chi connectivity index (χ2v) is 6.07. The van der Waals surface area contributed by atoms with Gasteiger partial charge in [-0.3, -0.25) is 4.79 Å². The number of fused-ring (bicyclic) bond motifs is 2. The standard InChI is InChI=1S/C15H12F4N2O/c16-10-1-6-2-13(21-12(6)5-11(10)17)14(22)20-7-3-8-9(4-7)15(8,18)19/h1-2,5,7-9,21H,3-4H2,(H,20,22). The SMILES string of the molecule is O=C(NC1CC2C(C1)C2(F)F)c1cc2cc(F)c(F)cc2[nH]1. The van der Waals surface area contributed by atoms with Gasteiger partial charge >= 0.3 is 0 Å². The number of rotatable bonds is 2. The molecule has 0 spiro atoms. The number of aromatic nitrogens is 1. The van der Waals surface area contributed by atoms with Gasteiger partial charge in [0.25, 0.3) is 11.8 Å². The van der Waals surface area contributed by atoms with Gasteiger partial charge in [-0.05, 0) is 25.0 Å². The third kappa shape index (κ3) is 1.91. The number of aromatic amines is 1. The summed E-state index contributed by atoms with van der Waals surface area (Å²) in [7, 11) is 0. The predicted octanol–water partition coefficient (Wildman–Crippen LogP) is 3.22. The van der Waals surface area contributed by atoms with Gasteiger partial charge in [0, 0.05) is 34.8 Å². The number of H-pyrrole nitrogens is 1. The van der Waals surface area contributed by atoms with Crippen LogP contribution in [-0.2, 0) is 0 Å². The van der Waals surface area contributed by atoms with Gasteiger partial charge in [0.2, 0.25) is 0 Å². The highest BCUT2D eigenvalue weighted by Crippen LogP contribution is 2.64. The molecule has 2 unspecified atom stereocenters. The van der Waals surface area contributed by atoms with E-state index in [1.807, 2.05) is 0 Å². The Morgan fingerprint density at radius 1 is 1.14 bits per heavy atom. The van der Waals surface area contributed by atoms with Gasteiger partial charge in [0.05, 0.1) is 0 Å². The largest absolute Gasteiger partial charge is 0.350 e. The van der Waals surface area contributed by atoms with Crippen molar-refractivity contribution in [2.45, 2.75) is 24.8 Å². The molecule has 116 valence electrons. The van der Waals surface area contributed by atoms with Crippen molar-refractivity contribution in [3.8, 4) is 0 Å². The van der Waals surface area contributed by atoms with Gasteiger partial charge in [-0.25, -0.2) is 17.6 Å². The molecule has 1 amide bonds. The van der Waals surface area contributed by atoms with Crippen molar-refractivity contribution in [1.29, 1.82) is 0 Å². The van der Waals surface area contributed by atoms with E-state index in [0.717, 1.165) is 12.1 Å². The fraction of sp³-hybridized carbons (Fsp3) is 0.400. The minimum Gasteiger partial charge on any atom is -0.350 e. The fourth-order valence-corrected chi connectivity index (χ4v) is 3.44. The second-order valence-electron chi connectivity index (χ2n) is 6.07. The second kappa shape index (κ2) is 4.24. The zero-order valence-corrected chi connectivity index (χ0v) is 11.3.